The van der Waals surface area contributed by atoms with E-state index in [2.05, 4.69) is 5.32 Å². The molecule has 33 heavy (non-hydrogen) atoms. The second kappa shape index (κ2) is 9.75. The van der Waals surface area contributed by atoms with Crippen LogP contribution in [0.25, 0.3) is 11.1 Å². The van der Waals surface area contributed by atoms with E-state index in [0.29, 0.717) is 24.4 Å². The van der Waals surface area contributed by atoms with Crippen molar-refractivity contribution >= 4 is 27.0 Å². The molecule has 2 heterocycles. The van der Waals surface area contributed by atoms with Gasteiger partial charge < -0.3 is 14.5 Å². The van der Waals surface area contributed by atoms with E-state index < -0.39 is 21.6 Å². The van der Waals surface area contributed by atoms with Crippen molar-refractivity contribution in [3.05, 3.63) is 58.8 Å². The SMILES string of the molecule is O=C(CCn1c(=O)oc2cc(S(=O)(=O)N3CCCC3)ccc21)NCCOc1cccc(F)c1. The van der Waals surface area contributed by atoms with Crippen molar-refractivity contribution in [2.45, 2.75) is 30.7 Å². The van der Waals surface area contributed by atoms with Gasteiger partial charge in [-0.3, -0.25) is 9.36 Å². The molecule has 1 amide bonds. The van der Waals surface area contributed by atoms with E-state index in [-0.39, 0.29) is 42.5 Å². The molecule has 0 aliphatic carbocycles. The number of carbonyl (C=O) groups excluding carboxylic acids is 1. The highest BCUT2D eigenvalue weighted by Crippen LogP contribution is 2.24. The summed E-state index contributed by atoms with van der Waals surface area (Å²) in [6.07, 6.45) is 1.67. The molecule has 1 saturated heterocycles. The van der Waals surface area contributed by atoms with E-state index in [0.717, 1.165) is 12.8 Å². The summed E-state index contributed by atoms with van der Waals surface area (Å²) < 4.78 is 51.9. The number of benzene rings is 2. The van der Waals surface area contributed by atoms with Crippen LogP contribution < -0.4 is 15.8 Å². The zero-order chi connectivity index (χ0) is 23.4. The monoisotopic (exact) mass is 477 g/mol. The number of rotatable bonds is 9. The van der Waals surface area contributed by atoms with Crippen LogP contribution in [0.2, 0.25) is 0 Å². The predicted molar refractivity (Wildman–Crippen MR) is 118 cm³/mol. The van der Waals surface area contributed by atoms with E-state index in [4.69, 9.17) is 9.15 Å². The number of halogens is 1. The van der Waals surface area contributed by atoms with Gasteiger partial charge in [0, 0.05) is 38.2 Å². The highest BCUT2D eigenvalue weighted by Gasteiger charge is 2.28. The average Bonchev–Trinajstić information content (AvgIpc) is 3.43. The molecule has 0 bridgehead atoms. The Morgan fingerprint density at radius 2 is 1.94 bits per heavy atom. The number of nitrogens with one attached hydrogen (secondary N) is 1. The fraction of sp³-hybridized carbons (Fsp3) is 0.364. The number of ether oxygens (including phenoxy) is 1. The Bertz CT molecular complexity index is 1310. The molecule has 0 unspecified atom stereocenters. The van der Waals surface area contributed by atoms with Crippen LogP contribution in [0.5, 0.6) is 5.75 Å². The Balaban J connectivity index is 1.34. The van der Waals surface area contributed by atoms with Crippen LogP contribution in [0.3, 0.4) is 0 Å². The molecule has 1 aromatic heterocycles. The smallest absolute Gasteiger partial charge is 0.419 e. The highest BCUT2D eigenvalue weighted by molar-refractivity contribution is 7.89. The van der Waals surface area contributed by atoms with Crippen LogP contribution in [0.4, 0.5) is 4.39 Å². The molecule has 0 spiro atoms. The Morgan fingerprint density at radius 3 is 2.70 bits per heavy atom. The second-order valence-corrected chi connectivity index (χ2v) is 9.60. The molecule has 9 nitrogen and oxygen atoms in total. The fourth-order valence-electron chi connectivity index (χ4n) is 3.71. The van der Waals surface area contributed by atoms with Gasteiger partial charge in [0.05, 0.1) is 17.0 Å². The number of hydrogen-bond acceptors (Lipinski definition) is 6. The quantitative estimate of drug-likeness (QED) is 0.473. The fourth-order valence-corrected chi connectivity index (χ4v) is 5.25. The number of fused-ring (bicyclic) bond motifs is 1. The zero-order valence-corrected chi connectivity index (χ0v) is 18.6. The summed E-state index contributed by atoms with van der Waals surface area (Å²) in [7, 11) is -3.63. The lowest BCUT2D eigenvalue weighted by Gasteiger charge is -2.15. The Labute approximate surface area is 189 Å². The topological polar surface area (TPSA) is 111 Å². The Hall–Kier alpha value is -3.18. The summed E-state index contributed by atoms with van der Waals surface area (Å²) >= 11 is 0. The normalized spacial score (nSPS) is 14.6. The van der Waals surface area contributed by atoms with Crippen molar-refractivity contribution in [1.82, 2.24) is 14.2 Å². The van der Waals surface area contributed by atoms with Gasteiger partial charge in [-0.15, -0.1) is 0 Å². The first-order valence-electron chi connectivity index (χ1n) is 10.6. The first-order valence-corrected chi connectivity index (χ1v) is 12.1. The van der Waals surface area contributed by atoms with Gasteiger partial charge in [0.2, 0.25) is 15.9 Å². The maximum Gasteiger partial charge on any atom is 0.419 e. The van der Waals surface area contributed by atoms with Crippen molar-refractivity contribution < 1.29 is 26.8 Å². The van der Waals surface area contributed by atoms with Crippen LogP contribution in [0.15, 0.2) is 56.6 Å². The number of hydrogen-bond donors (Lipinski definition) is 1. The van der Waals surface area contributed by atoms with Crippen molar-refractivity contribution in [2.24, 2.45) is 0 Å². The summed E-state index contributed by atoms with van der Waals surface area (Å²) in [5.74, 6) is -1.00. The van der Waals surface area contributed by atoms with Crippen molar-refractivity contribution in [2.75, 3.05) is 26.2 Å². The summed E-state index contributed by atoms with van der Waals surface area (Å²) in [4.78, 5) is 24.5. The Kier molecular flexibility index (Phi) is 6.80. The minimum atomic E-state index is -3.63. The molecular formula is C22H24FN3O6S. The van der Waals surface area contributed by atoms with Gasteiger partial charge in [0.1, 0.15) is 18.2 Å². The third kappa shape index (κ3) is 5.25. The van der Waals surface area contributed by atoms with Gasteiger partial charge in [-0.2, -0.15) is 4.31 Å². The maximum atomic E-state index is 13.1. The lowest BCUT2D eigenvalue weighted by Crippen LogP contribution is -2.29. The maximum absolute atomic E-state index is 13.1. The van der Waals surface area contributed by atoms with Crippen LogP contribution in [-0.2, 0) is 21.4 Å². The molecule has 0 radical (unpaired) electrons. The van der Waals surface area contributed by atoms with Gasteiger partial charge in [-0.1, -0.05) is 6.07 Å². The summed E-state index contributed by atoms with van der Waals surface area (Å²) in [5, 5.41) is 2.67. The summed E-state index contributed by atoms with van der Waals surface area (Å²) in [6, 6.07) is 10.0. The molecule has 1 aliphatic rings. The van der Waals surface area contributed by atoms with Crippen LogP contribution in [-0.4, -0.2) is 49.4 Å². The average molecular weight is 478 g/mol. The number of sulfonamides is 1. The van der Waals surface area contributed by atoms with Gasteiger partial charge in [-0.05, 0) is 37.1 Å². The molecule has 1 fully saturated rings. The number of aryl methyl sites for hydroxylation is 1. The number of nitrogens with zero attached hydrogens (tertiary/aromatic N) is 2. The van der Waals surface area contributed by atoms with Gasteiger partial charge in [0.15, 0.2) is 5.58 Å². The molecule has 1 aliphatic heterocycles. The number of oxazole rings is 1. The molecule has 0 saturated carbocycles. The molecule has 1 N–H and O–H groups in total. The van der Waals surface area contributed by atoms with Crippen molar-refractivity contribution in [3.8, 4) is 5.75 Å². The number of amides is 1. The van der Waals surface area contributed by atoms with Crippen molar-refractivity contribution in [1.29, 1.82) is 0 Å². The number of carbonyl (C=O) groups is 1. The van der Waals surface area contributed by atoms with E-state index in [1.54, 1.807) is 6.07 Å². The third-order valence-electron chi connectivity index (χ3n) is 5.39. The summed E-state index contributed by atoms with van der Waals surface area (Å²) in [6.45, 7) is 1.41. The third-order valence-corrected chi connectivity index (χ3v) is 7.29. The molecule has 0 atom stereocenters. The summed E-state index contributed by atoms with van der Waals surface area (Å²) in [5.41, 5.74) is 0.576. The second-order valence-electron chi connectivity index (χ2n) is 7.67. The van der Waals surface area contributed by atoms with Gasteiger partial charge >= 0.3 is 5.76 Å². The molecule has 176 valence electrons. The first kappa shape index (κ1) is 23.0. The van der Waals surface area contributed by atoms with Crippen LogP contribution in [0, 0.1) is 5.82 Å². The lowest BCUT2D eigenvalue weighted by atomic mass is 10.3. The lowest BCUT2D eigenvalue weighted by molar-refractivity contribution is -0.121. The largest absolute Gasteiger partial charge is 0.492 e. The van der Waals surface area contributed by atoms with Crippen LogP contribution >= 0.6 is 0 Å². The minimum Gasteiger partial charge on any atom is -0.492 e. The van der Waals surface area contributed by atoms with Crippen LogP contribution in [0.1, 0.15) is 19.3 Å². The molecular weight excluding hydrogens is 453 g/mol. The molecule has 3 aromatic rings. The number of aromatic nitrogens is 1. The Morgan fingerprint density at radius 1 is 1.15 bits per heavy atom. The standard InChI is InChI=1S/C22H24FN3O6S/c23-16-4-3-5-17(14-16)31-13-9-24-21(27)8-12-26-19-7-6-18(15-20(19)32-22(26)28)33(29,30)25-10-1-2-11-25/h3-7,14-15H,1-2,8-13H2,(H,24,27). The first-order chi connectivity index (χ1) is 15.8. The van der Waals surface area contributed by atoms with E-state index in [1.165, 1.54) is 45.3 Å². The minimum absolute atomic E-state index is 0.0162. The molecule has 2 aromatic carbocycles. The van der Waals surface area contributed by atoms with E-state index >= 15 is 0 Å². The van der Waals surface area contributed by atoms with Gasteiger partial charge in [-0.25, -0.2) is 17.6 Å². The van der Waals surface area contributed by atoms with Crippen molar-refractivity contribution in [3.63, 3.8) is 0 Å². The molecule has 11 heteroatoms. The van der Waals surface area contributed by atoms with E-state index in [1.807, 2.05) is 0 Å². The zero-order valence-electron chi connectivity index (χ0n) is 17.8. The molecule has 4 rings (SSSR count). The van der Waals surface area contributed by atoms with E-state index in [9.17, 15) is 22.4 Å². The highest BCUT2D eigenvalue weighted by atomic mass is 32.2. The van der Waals surface area contributed by atoms with Gasteiger partial charge in [0.25, 0.3) is 0 Å². The predicted octanol–water partition coefficient (Wildman–Crippen LogP) is 2.10.